The van der Waals surface area contributed by atoms with E-state index in [2.05, 4.69) is 5.32 Å². The maximum Gasteiger partial charge on any atom is 0.255 e. The van der Waals surface area contributed by atoms with Crippen LogP contribution in [0.5, 0.6) is 5.75 Å². The molecule has 0 aliphatic rings. The first-order valence-electron chi connectivity index (χ1n) is 7.51. The zero-order valence-electron chi connectivity index (χ0n) is 14.8. The number of carbonyl (C=O) groups is 1. The molecule has 1 amide bonds. The van der Waals surface area contributed by atoms with E-state index in [1.165, 1.54) is 63.7 Å². The molecular weight excluding hydrogens is 394 g/mol. The van der Waals surface area contributed by atoms with Gasteiger partial charge in [0.1, 0.15) is 10.6 Å². The van der Waals surface area contributed by atoms with Gasteiger partial charge in [0.25, 0.3) is 5.91 Å². The molecule has 0 unspecified atom stereocenters. The van der Waals surface area contributed by atoms with Crippen LogP contribution in [0.4, 0.5) is 5.69 Å². The molecule has 0 aliphatic heterocycles. The Balaban J connectivity index is 2.34. The Kier molecular flexibility index (Phi) is 5.90. The van der Waals surface area contributed by atoms with E-state index in [4.69, 9.17) is 9.88 Å². The molecule has 0 aliphatic carbocycles. The summed E-state index contributed by atoms with van der Waals surface area (Å²) in [5.41, 5.74) is 0.409. The second-order valence-electron chi connectivity index (χ2n) is 5.68. The zero-order valence-corrected chi connectivity index (χ0v) is 16.5. The van der Waals surface area contributed by atoms with Crippen LogP contribution in [0.15, 0.2) is 52.3 Å². The molecule has 27 heavy (non-hydrogen) atoms. The summed E-state index contributed by atoms with van der Waals surface area (Å²) in [6.45, 7) is 0. The van der Waals surface area contributed by atoms with Crippen LogP contribution in [0.25, 0.3) is 0 Å². The smallest absolute Gasteiger partial charge is 0.255 e. The van der Waals surface area contributed by atoms with Gasteiger partial charge < -0.3 is 10.1 Å². The van der Waals surface area contributed by atoms with Crippen molar-refractivity contribution in [3.63, 3.8) is 0 Å². The second-order valence-corrected chi connectivity index (χ2v) is 9.36. The Bertz CT molecular complexity index is 1060. The van der Waals surface area contributed by atoms with Crippen molar-refractivity contribution in [3.8, 4) is 5.75 Å². The van der Waals surface area contributed by atoms with Crippen LogP contribution in [0.3, 0.4) is 0 Å². The Morgan fingerprint density at radius 3 is 2.11 bits per heavy atom. The number of methoxy groups -OCH3 is 1. The fraction of sp³-hybridized carbons (Fsp3) is 0.188. The van der Waals surface area contributed by atoms with Crippen molar-refractivity contribution in [1.29, 1.82) is 0 Å². The highest BCUT2D eigenvalue weighted by atomic mass is 32.2. The number of amides is 1. The molecule has 2 aromatic rings. The molecule has 0 atom stereocenters. The lowest BCUT2D eigenvalue weighted by Gasteiger charge is -2.15. The molecule has 0 spiro atoms. The number of benzene rings is 2. The zero-order chi connectivity index (χ0) is 20.4. The number of rotatable bonds is 6. The topological polar surface area (TPSA) is 136 Å². The van der Waals surface area contributed by atoms with Crippen LogP contribution >= 0.6 is 0 Å². The predicted octanol–water partition coefficient (Wildman–Crippen LogP) is 0.845. The Morgan fingerprint density at radius 2 is 1.63 bits per heavy atom. The van der Waals surface area contributed by atoms with Gasteiger partial charge in [-0.15, -0.1) is 0 Å². The summed E-state index contributed by atoms with van der Waals surface area (Å²) in [5, 5.41) is 7.58. The van der Waals surface area contributed by atoms with E-state index in [9.17, 15) is 21.6 Å². The van der Waals surface area contributed by atoms with E-state index in [1.807, 2.05) is 0 Å². The summed E-state index contributed by atoms with van der Waals surface area (Å²) < 4.78 is 53.4. The number of carbonyl (C=O) groups excluding carboxylic acids is 1. The van der Waals surface area contributed by atoms with E-state index in [0.29, 0.717) is 5.69 Å². The molecule has 0 aromatic heterocycles. The van der Waals surface area contributed by atoms with Gasteiger partial charge in [0.15, 0.2) is 0 Å². The fourth-order valence-electron chi connectivity index (χ4n) is 2.15. The van der Waals surface area contributed by atoms with Crippen molar-refractivity contribution < 1.29 is 26.4 Å². The highest BCUT2D eigenvalue weighted by Crippen LogP contribution is 2.27. The first-order chi connectivity index (χ1) is 12.5. The molecule has 11 heteroatoms. The lowest BCUT2D eigenvalue weighted by Crippen LogP contribution is -2.23. The van der Waals surface area contributed by atoms with Crippen molar-refractivity contribution >= 4 is 31.6 Å². The minimum absolute atomic E-state index is 0.0896. The molecule has 9 nitrogen and oxygen atoms in total. The molecule has 0 saturated heterocycles. The number of hydrogen-bond acceptors (Lipinski definition) is 6. The summed E-state index contributed by atoms with van der Waals surface area (Å²) in [6, 6.07) is 9.26. The molecule has 0 radical (unpaired) electrons. The van der Waals surface area contributed by atoms with Gasteiger partial charge in [0.05, 0.1) is 12.0 Å². The quantitative estimate of drug-likeness (QED) is 0.720. The highest BCUT2D eigenvalue weighted by molar-refractivity contribution is 7.89. The Morgan fingerprint density at radius 1 is 1.04 bits per heavy atom. The largest absolute Gasteiger partial charge is 0.495 e. The van der Waals surface area contributed by atoms with Gasteiger partial charge in [-0.25, -0.2) is 26.3 Å². The number of nitrogens with zero attached hydrogens (tertiary/aromatic N) is 1. The summed E-state index contributed by atoms with van der Waals surface area (Å²) in [6.07, 6.45) is 0. The molecular formula is C16H19N3O6S2. The number of sulfonamides is 2. The normalized spacial score (nSPS) is 12.0. The Hall–Kier alpha value is -2.47. The number of nitrogens with one attached hydrogen (secondary N) is 1. The maximum atomic E-state index is 12.4. The first kappa shape index (κ1) is 20.8. The molecule has 146 valence electrons. The molecule has 0 saturated carbocycles. The molecule has 3 N–H and O–H groups in total. The van der Waals surface area contributed by atoms with Gasteiger partial charge in [-0.1, -0.05) is 0 Å². The van der Waals surface area contributed by atoms with Gasteiger partial charge in [-0.3, -0.25) is 4.79 Å². The average molecular weight is 413 g/mol. The number of ether oxygens (including phenoxy) is 1. The molecule has 2 aromatic carbocycles. The van der Waals surface area contributed by atoms with E-state index < -0.39 is 26.0 Å². The Labute approximate surface area is 157 Å². The van der Waals surface area contributed by atoms with Crippen LogP contribution in [0.2, 0.25) is 0 Å². The van der Waals surface area contributed by atoms with E-state index in [0.717, 1.165) is 4.31 Å². The standard InChI is InChI=1S/C16H19N3O6S2/c1-19(2)27(23,24)15-10-11(4-9-14(15)25-3)16(20)18-12-5-7-13(8-6-12)26(17,21)22/h4-10H,1-3H3,(H,18,20)(H2,17,21,22). The monoisotopic (exact) mass is 413 g/mol. The molecule has 0 heterocycles. The lowest BCUT2D eigenvalue weighted by molar-refractivity contribution is 0.102. The molecule has 2 rings (SSSR count). The number of anilines is 1. The third-order valence-electron chi connectivity index (χ3n) is 3.63. The summed E-state index contributed by atoms with van der Waals surface area (Å²) in [7, 11) is -3.59. The van der Waals surface area contributed by atoms with Crippen molar-refractivity contribution in [3.05, 3.63) is 48.0 Å². The van der Waals surface area contributed by atoms with E-state index in [-0.39, 0.29) is 21.1 Å². The van der Waals surface area contributed by atoms with Crippen LogP contribution in [0, 0.1) is 0 Å². The van der Waals surface area contributed by atoms with Crippen LogP contribution < -0.4 is 15.2 Å². The van der Waals surface area contributed by atoms with Crippen LogP contribution in [0.1, 0.15) is 10.4 Å². The third-order valence-corrected chi connectivity index (χ3v) is 6.39. The number of nitrogens with two attached hydrogens (primary N) is 1. The van der Waals surface area contributed by atoms with Crippen LogP contribution in [-0.2, 0) is 20.0 Å². The van der Waals surface area contributed by atoms with Gasteiger partial charge in [-0.05, 0) is 42.5 Å². The average Bonchev–Trinajstić information content (AvgIpc) is 2.60. The lowest BCUT2D eigenvalue weighted by atomic mass is 10.2. The summed E-state index contributed by atoms with van der Waals surface area (Å²) in [5.74, 6) is -0.464. The van der Waals surface area contributed by atoms with Gasteiger partial charge in [-0.2, -0.15) is 0 Å². The fourth-order valence-corrected chi connectivity index (χ4v) is 3.74. The molecule has 0 bridgehead atoms. The van der Waals surface area contributed by atoms with E-state index in [1.54, 1.807) is 0 Å². The minimum Gasteiger partial charge on any atom is -0.495 e. The minimum atomic E-state index is -3.84. The van der Waals surface area contributed by atoms with Crippen molar-refractivity contribution in [2.75, 3.05) is 26.5 Å². The van der Waals surface area contributed by atoms with Crippen molar-refractivity contribution in [2.24, 2.45) is 5.14 Å². The third kappa shape index (κ3) is 4.63. The van der Waals surface area contributed by atoms with Crippen LogP contribution in [-0.4, -0.2) is 48.3 Å². The van der Waals surface area contributed by atoms with Gasteiger partial charge in [0, 0.05) is 25.3 Å². The first-order valence-corrected chi connectivity index (χ1v) is 10.5. The number of hydrogen-bond donors (Lipinski definition) is 2. The SMILES string of the molecule is COc1ccc(C(=O)Nc2ccc(S(N)(=O)=O)cc2)cc1S(=O)(=O)N(C)C. The second kappa shape index (κ2) is 7.64. The van der Waals surface area contributed by atoms with E-state index >= 15 is 0 Å². The predicted molar refractivity (Wildman–Crippen MR) is 99.6 cm³/mol. The number of primary sulfonamides is 1. The highest BCUT2D eigenvalue weighted by Gasteiger charge is 2.24. The summed E-state index contributed by atoms with van der Waals surface area (Å²) >= 11 is 0. The van der Waals surface area contributed by atoms with Crippen molar-refractivity contribution in [2.45, 2.75) is 9.79 Å². The van der Waals surface area contributed by atoms with Gasteiger partial charge >= 0.3 is 0 Å². The summed E-state index contributed by atoms with van der Waals surface area (Å²) in [4.78, 5) is 12.2. The van der Waals surface area contributed by atoms with Crippen molar-refractivity contribution in [1.82, 2.24) is 4.31 Å². The molecule has 0 fully saturated rings. The maximum absolute atomic E-state index is 12.4. The van der Waals surface area contributed by atoms with Gasteiger partial charge in [0.2, 0.25) is 20.0 Å².